The van der Waals surface area contributed by atoms with Crippen molar-refractivity contribution in [3.05, 3.63) is 23.8 Å². The summed E-state index contributed by atoms with van der Waals surface area (Å²) in [5.74, 6) is 1.69. The van der Waals surface area contributed by atoms with Gasteiger partial charge in [0.2, 0.25) is 5.91 Å². The maximum atomic E-state index is 12.4. The molecule has 1 aliphatic heterocycles. The van der Waals surface area contributed by atoms with Gasteiger partial charge in [-0.25, -0.2) is 0 Å². The molecule has 1 amide bonds. The maximum Gasteiger partial charge on any atom is 0.227 e. The molecule has 2 N–H and O–H groups in total. The fourth-order valence-corrected chi connectivity index (χ4v) is 3.39. The molecule has 1 heterocycles. The molecule has 2 rings (SSSR count). The lowest BCUT2D eigenvalue weighted by molar-refractivity contribution is -0.120. The number of ether oxygens (including phenoxy) is 1. The molecule has 1 aromatic rings. The number of carbonyl (C=O) groups is 1. The van der Waals surface area contributed by atoms with E-state index in [9.17, 15) is 4.79 Å². The molecule has 0 spiro atoms. The highest BCUT2D eigenvalue weighted by Crippen LogP contribution is 2.29. The van der Waals surface area contributed by atoms with Crippen molar-refractivity contribution in [3.63, 3.8) is 0 Å². The van der Waals surface area contributed by atoms with Gasteiger partial charge < -0.3 is 15.4 Å². The van der Waals surface area contributed by atoms with Crippen LogP contribution in [0.2, 0.25) is 0 Å². The van der Waals surface area contributed by atoms with Gasteiger partial charge in [0.1, 0.15) is 5.75 Å². The average molecular weight is 332 g/mol. The molecule has 24 heavy (non-hydrogen) atoms. The smallest absolute Gasteiger partial charge is 0.227 e. The molecule has 4 nitrogen and oxygen atoms in total. The van der Waals surface area contributed by atoms with E-state index in [4.69, 9.17) is 4.74 Å². The van der Waals surface area contributed by atoms with Gasteiger partial charge in [-0.1, -0.05) is 19.9 Å². The molecule has 0 aliphatic carbocycles. The Morgan fingerprint density at radius 3 is 2.58 bits per heavy atom. The van der Waals surface area contributed by atoms with Crippen LogP contribution in [0.25, 0.3) is 0 Å². The predicted molar refractivity (Wildman–Crippen MR) is 99.6 cm³/mol. The second kappa shape index (κ2) is 9.67. The number of nitrogens with one attached hydrogen (secondary N) is 2. The average Bonchev–Trinajstić information content (AvgIpc) is 2.59. The van der Waals surface area contributed by atoms with Gasteiger partial charge in [0.15, 0.2) is 0 Å². The number of carbonyl (C=O) groups excluding carboxylic acids is 1. The van der Waals surface area contributed by atoms with E-state index in [1.807, 2.05) is 13.0 Å². The monoisotopic (exact) mass is 332 g/mol. The fraction of sp³-hybridized carbons (Fsp3) is 0.650. The lowest BCUT2D eigenvalue weighted by Gasteiger charge is -2.23. The van der Waals surface area contributed by atoms with E-state index >= 15 is 0 Å². The topological polar surface area (TPSA) is 50.4 Å². The summed E-state index contributed by atoms with van der Waals surface area (Å²) in [7, 11) is 0. The Hall–Kier alpha value is -1.55. The second-order valence-electron chi connectivity index (χ2n) is 6.66. The Kier molecular flexibility index (Phi) is 7.57. The molecule has 0 radical (unpaired) electrons. The van der Waals surface area contributed by atoms with Crippen LogP contribution in [0, 0.1) is 11.8 Å². The van der Waals surface area contributed by atoms with Gasteiger partial charge in [-0.3, -0.25) is 4.79 Å². The van der Waals surface area contributed by atoms with Crippen molar-refractivity contribution < 1.29 is 9.53 Å². The lowest BCUT2D eigenvalue weighted by Crippen LogP contribution is -2.28. The summed E-state index contributed by atoms with van der Waals surface area (Å²) in [6, 6.07) is 6.24. The lowest BCUT2D eigenvalue weighted by atomic mass is 9.91. The molecular weight excluding hydrogens is 300 g/mol. The third kappa shape index (κ3) is 5.23. The molecule has 134 valence electrons. The summed E-state index contributed by atoms with van der Waals surface area (Å²) >= 11 is 0. The van der Waals surface area contributed by atoms with E-state index in [0.717, 1.165) is 49.7 Å². The standard InChI is InChI=1S/C20H32N2O2/c1-4-17(5-2)20(23)22-18-8-7-16(14-19(18)24-6-3)13-15-9-11-21-12-10-15/h7-8,14-15,17,21H,4-6,9-13H2,1-3H3,(H,22,23). The van der Waals surface area contributed by atoms with E-state index in [0.29, 0.717) is 6.61 Å². The van der Waals surface area contributed by atoms with Gasteiger partial charge in [-0.15, -0.1) is 0 Å². The minimum absolute atomic E-state index is 0.0638. The minimum Gasteiger partial charge on any atom is -0.492 e. The number of amides is 1. The van der Waals surface area contributed by atoms with Gasteiger partial charge in [0.25, 0.3) is 0 Å². The normalized spacial score (nSPS) is 15.5. The highest BCUT2D eigenvalue weighted by atomic mass is 16.5. The van der Waals surface area contributed by atoms with Crippen molar-refractivity contribution in [2.24, 2.45) is 11.8 Å². The third-order valence-corrected chi connectivity index (χ3v) is 4.94. The summed E-state index contributed by atoms with van der Waals surface area (Å²) in [5.41, 5.74) is 2.09. The van der Waals surface area contributed by atoms with Crippen LogP contribution in [0.4, 0.5) is 5.69 Å². The maximum absolute atomic E-state index is 12.4. The molecule has 1 aliphatic rings. The summed E-state index contributed by atoms with van der Waals surface area (Å²) in [5, 5.41) is 6.47. The quantitative estimate of drug-likeness (QED) is 0.756. The van der Waals surface area contributed by atoms with Gasteiger partial charge in [-0.2, -0.15) is 0 Å². The molecular formula is C20H32N2O2. The summed E-state index contributed by atoms with van der Waals surface area (Å²) < 4.78 is 5.79. The van der Waals surface area contributed by atoms with Gasteiger partial charge in [-0.05, 0) is 75.7 Å². The van der Waals surface area contributed by atoms with Crippen molar-refractivity contribution in [2.75, 3.05) is 25.0 Å². The number of hydrogen-bond donors (Lipinski definition) is 2. The SMILES string of the molecule is CCOc1cc(CC2CCNCC2)ccc1NC(=O)C(CC)CC. The number of piperidine rings is 1. The molecule has 1 fully saturated rings. The van der Waals surface area contributed by atoms with Gasteiger partial charge in [0, 0.05) is 5.92 Å². The van der Waals surface area contributed by atoms with Crippen molar-refractivity contribution in [3.8, 4) is 5.75 Å². The van der Waals surface area contributed by atoms with Gasteiger partial charge >= 0.3 is 0 Å². The number of anilines is 1. The first-order chi connectivity index (χ1) is 11.7. The fourth-order valence-electron chi connectivity index (χ4n) is 3.39. The Labute approximate surface area is 146 Å². The minimum atomic E-state index is 0.0638. The molecule has 0 saturated carbocycles. The van der Waals surface area contributed by atoms with E-state index < -0.39 is 0 Å². The molecule has 0 atom stereocenters. The van der Waals surface area contributed by atoms with Crippen molar-refractivity contribution in [1.82, 2.24) is 5.32 Å². The van der Waals surface area contributed by atoms with Crippen molar-refractivity contribution >= 4 is 11.6 Å². The third-order valence-electron chi connectivity index (χ3n) is 4.94. The van der Waals surface area contributed by atoms with Crippen LogP contribution in [0.15, 0.2) is 18.2 Å². The van der Waals surface area contributed by atoms with Crippen molar-refractivity contribution in [1.29, 1.82) is 0 Å². The first-order valence-corrected chi connectivity index (χ1v) is 9.45. The highest BCUT2D eigenvalue weighted by Gasteiger charge is 2.18. The Morgan fingerprint density at radius 2 is 1.96 bits per heavy atom. The van der Waals surface area contributed by atoms with Crippen LogP contribution in [0.1, 0.15) is 52.0 Å². The number of rotatable bonds is 8. The molecule has 1 aromatic carbocycles. The van der Waals surface area contributed by atoms with Crippen LogP contribution in [0.3, 0.4) is 0 Å². The predicted octanol–water partition coefficient (Wildman–Crippen LogP) is 4.00. The van der Waals surface area contributed by atoms with Crippen LogP contribution < -0.4 is 15.4 Å². The molecule has 1 saturated heterocycles. The van der Waals surface area contributed by atoms with E-state index in [2.05, 4.69) is 36.6 Å². The van der Waals surface area contributed by atoms with Gasteiger partial charge in [0.05, 0.1) is 12.3 Å². The zero-order valence-corrected chi connectivity index (χ0v) is 15.4. The summed E-state index contributed by atoms with van der Waals surface area (Å²) in [4.78, 5) is 12.4. The first kappa shape index (κ1) is 18.8. The Bertz CT molecular complexity index is 520. The largest absolute Gasteiger partial charge is 0.492 e. The van der Waals surface area contributed by atoms with Crippen LogP contribution in [0.5, 0.6) is 5.75 Å². The summed E-state index contributed by atoms with van der Waals surface area (Å²) in [6.07, 6.45) is 5.27. The Morgan fingerprint density at radius 1 is 1.25 bits per heavy atom. The van der Waals surface area contributed by atoms with Crippen LogP contribution in [-0.2, 0) is 11.2 Å². The van der Waals surface area contributed by atoms with Crippen molar-refractivity contribution in [2.45, 2.75) is 52.9 Å². The van der Waals surface area contributed by atoms with Crippen LogP contribution >= 0.6 is 0 Å². The molecule has 0 aromatic heterocycles. The molecule has 0 unspecified atom stereocenters. The zero-order chi connectivity index (χ0) is 17.4. The van der Waals surface area contributed by atoms with Crippen LogP contribution in [-0.4, -0.2) is 25.6 Å². The zero-order valence-electron chi connectivity index (χ0n) is 15.4. The second-order valence-corrected chi connectivity index (χ2v) is 6.66. The molecule has 4 heteroatoms. The number of benzene rings is 1. The highest BCUT2D eigenvalue weighted by molar-refractivity contribution is 5.93. The number of hydrogen-bond acceptors (Lipinski definition) is 3. The van der Waals surface area contributed by atoms with E-state index in [1.54, 1.807) is 0 Å². The van der Waals surface area contributed by atoms with E-state index in [-0.39, 0.29) is 11.8 Å². The molecule has 0 bridgehead atoms. The Balaban J connectivity index is 2.09. The van der Waals surface area contributed by atoms with E-state index in [1.165, 1.54) is 18.4 Å². The first-order valence-electron chi connectivity index (χ1n) is 9.45. The summed E-state index contributed by atoms with van der Waals surface area (Å²) in [6.45, 7) is 8.92.